The van der Waals surface area contributed by atoms with Crippen LogP contribution in [-0.2, 0) is 5.41 Å². The summed E-state index contributed by atoms with van der Waals surface area (Å²) in [5, 5.41) is 10.2. The predicted octanol–water partition coefficient (Wildman–Crippen LogP) is 14.6. The maximum atomic E-state index is 10.2. The van der Waals surface area contributed by atoms with Gasteiger partial charge in [0.1, 0.15) is 51.7 Å². The highest BCUT2D eigenvalue weighted by molar-refractivity contribution is 5.56. The van der Waals surface area contributed by atoms with Crippen LogP contribution in [0.3, 0.4) is 0 Å². The van der Waals surface area contributed by atoms with Crippen LogP contribution >= 0.6 is 0 Å². The SMILES string of the molecule is Cc1cc(C)cc(Oc2c(C)cc(Oc3c(C)cc(C(C)(C)c4cc(C)c(Oc5cc(C)c(Oc6cc(C)c(O)c(C)c6)c(C)c5)c(C)c4)cc3C)cc2C)c1. The van der Waals surface area contributed by atoms with Gasteiger partial charge in [-0.25, -0.2) is 0 Å². The maximum absolute atomic E-state index is 10.2. The van der Waals surface area contributed by atoms with Gasteiger partial charge in [0, 0.05) is 5.41 Å². The number of aromatic hydroxyl groups is 1. The first-order valence-corrected chi connectivity index (χ1v) is 19.4. The van der Waals surface area contributed by atoms with Crippen LogP contribution in [0.25, 0.3) is 0 Å². The van der Waals surface area contributed by atoms with Crippen LogP contribution in [0.2, 0.25) is 0 Å². The van der Waals surface area contributed by atoms with Gasteiger partial charge < -0.3 is 24.1 Å². The monoisotopic (exact) mass is 748 g/mol. The first-order valence-electron chi connectivity index (χ1n) is 19.4. The Morgan fingerprint density at radius 2 is 0.554 bits per heavy atom. The smallest absolute Gasteiger partial charge is 0.133 e. The average Bonchev–Trinajstić information content (AvgIpc) is 3.09. The number of benzene rings is 6. The number of phenols is 1. The van der Waals surface area contributed by atoms with Crippen LogP contribution in [0.1, 0.15) is 91.7 Å². The van der Waals surface area contributed by atoms with Crippen LogP contribution in [-0.4, -0.2) is 5.11 Å². The van der Waals surface area contributed by atoms with E-state index in [4.69, 9.17) is 18.9 Å². The van der Waals surface area contributed by atoms with Crippen molar-refractivity contribution in [1.82, 2.24) is 0 Å². The average molecular weight is 749 g/mol. The highest BCUT2D eigenvalue weighted by atomic mass is 16.5. The Morgan fingerprint density at radius 1 is 0.321 bits per heavy atom. The molecule has 5 nitrogen and oxygen atoms in total. The molecule has 6 aromatic rings. The minimum Gasteiger partial charge on any atom is -0.507 e. The third-order valence-electron chi connectivity index (χ3n) is 10.8. The zero-order valence-corrected chi connectivity index (χ0v) is 35.6. The Hall–Kier alpha value is -5.68. The lowest BCUT2D eigenvalue weighted by atomic mass is 9.76. The van der Waals surface area contributed by atoms with Crippen LogP contribution in [0.15, 0.2) is 78.9 Å². The fourth-order valence-corrected chi connectivity index (χ4v) is 7.81. The lowest BCUT2D eigenvalue weighted by molar-refractivity contribution is 0.450. The van der Waals surface area contributed by atoms with Crippen molar-refractivity contribution in [3.63, 3.8) is 0 Å². The molecule has 5 heteroatoms. The Kier molecular flexibility index (Phi) is 11.0. The minimum absolute atomic E-state index is 0.278. The van der Waals surface area contributed by atoms with Crippen molar-refractivity contribution in [2.75, 3.05) is 0 Å². The van der Waals surface area contributed by atoms with Gasteiger partial charge in [0.05, 0.1) is 0 Å². The van der Waals surface area contributed by atoms with Crippen LogP contribution in [0.4, 0.5) is 0 Å². The second-order valence-electron chi connectivity index (χ2n) is 16.4. The molecule has 0 spiro atoms. The molecule has 0 heterocycles. The zero-order valence-electron chi connectivity index (χ0n) is 35.6. The normalized spacial score (nSPS) is 11.5. The Morgan fingerprint density at radius 3 is 0.839 bits per heavy atom. The van der Waals surface area contributed by atoms with Crippen molar-refractivity contribution in [2.45, 2.75) is 102 Å². The number of phenolic OH excluding ortho intramolecular Hbond substituents is 1. The second-order valence-corrected chi connectivity index (χ2v) is 16.4. The highest BCUT2D eigenvalue weighted by Gasteiger charge is 2.27. The molecule has 290 valence electrons. The molecule has 0 saturated heterocycles. The Bertz CT molecular complexity index is 2350. The van der Waals surface area contributed by atoms with E-state index in [9.17, 15) is 5.11 Å². The molecule has 0 saturated carbocycles. The summed E-state index contributed by atoms with van der Waals surface area (Å²) >= 11 is 0. The summed E-state index contributed by atoms with van der Waals surface area (Å²) < 4.78 is 25.9. The van der Waals surface area contributed by atoms with Crippen LogP contribution in [0, 0.1) is 83.1 Å². The van der Waals surface area contributed by atoms with Crippen LogP contribution in [0.5, 0.6) is 51.7 Å². The second kappa shape index (κ2) is 15.5. The van der Waals surface area contributed by atoms with Gasteiger partial charge in [0.15, 0.2) is 0 Å². The first-order chi connectivity index (χ1) is 26.3. The van der Waals surface area contributed by atoms with E-state index in [-0.39, 0.29) is 5.41 Å². The fourth-order valence-electron chi connectivity index (χ4n) is 7.81. The maximum Gasteiger partial charge on any atom is 0.133 e. The lowest BCUT2D eigenvalue weighted by Crippen LogP contribution is -2.20. The summed E-state index contributed by atoms with van der Waals surface area (Å²) in [5.74, 6) is 6.78. The molecule has 0 aromatic heterocycles. The van der Waals surface area contributed by atoms with Gasteiger partial charge in [-0.3, -0.25) is 0 Å². The van der Waals surface area contributed by atoms with E-state index in [2.05, 4.69) is 124 Å². The largest absolute Gasteiger partial charge is 0.507 e. The summed E-state index contributed by atoms with van der Waals surface area (Å²) in [4.78, 5) is 0. The zero-order chi connectivity index (χ0) is 40.8. The summed E-state index contributed by atoms with van der Waals surface area (Å²) in [7, 11) is 0. The van der Waals surface area contributed by atoms with E-state index in [0.29, 0.717) is 11.5 Å². The fraction of sp³-hybridized carbons (Fsp3) is 0.294. The van der Waals surface area contributed by atoms with Crippen molar-refractivity contribution >= 4 is 0 Å². The molecule has 0 fully saturated rings. The minimum atomic E-state index is -0.278. The van der Waals surface area contributed by atoms with E-state index in [0.717, 1.165) is 95.9 Å². The summed E-state index contributed by atoms with van der Waals surface area (Å²) in [6, 6.07) is 27.2. The first kappa shape index (κ1) is 40.0. The number of rotatable bonds is 10. The quantitative estimate of drug-likeness (QED) is 0.151. The van der Waals surface area contributed by atoms with Gasteiger partial charge >= 0.3 is 0 Å². The van der Waals surface area contributed by atoms with Gasteiger partial charge in [-0.15, -0.1) is 0 Å². The molecule has 0 atom stereocenters. The molecule has 0 aliphatic carbocycles. The molecule has 0 unspecified atom stereocenters. The van der Waals surface area contributed by atoms with Gasteiger partial charge in [0.25, 0.3) is 0 Å². The summed E-state index contributed by atoms with van der Waals surface area (Å²) in [6.45, 7) is 29.2. The molecule has 0 radical (unpaired) electrons. The van der Waals surface area contributed by atoms with E-state index in [1.54, 1.807) is 0 Å². The van der Waals surface area contributed by atoms with E-state index in [1.807, 2.05) is 52.0 Å². The van der Waals surface area contributed by atoms with E-state index in [1.165, 1.54) is 22.3 Å². The topological polar surface area (TPSA) is 57.2 Å². The van der Waals surface area contributed by atoms with Gasteiger partial charge in [-0.05, 0) is 210 Å². The van der Waals surface area contributed by atoms with Crippen LogP contribution < -0.4 is 18.9 Å². The Labute approximate surface area is 333 Å². The number of hydrogen-bond acceptors (Lipinski definition) is 5. The molecule has 1 N–H and O–H groups in total. The van der Waals surface area contributed by atoms with Gasteiger partial charge in [-0.1, -0.05) is 44.2 Å². The molecule has 0 bridgehead atoms. The third kappa shape index (κ3) is 8.28. The van der Waals surface area contributed by atoms with Crippen molar-refractivity contribution in [1.29, 1.82) is 0 Å². The third-order valence-corrected chi connectivity index (χ3v) is 10.8. The molecule has 0 aliphatic rings. The number of hydrogen-bond donors (Lipinski definition) is 1. The van der Waals surface area contributed by atoms with Gasteiger partial charge in [-0.2, -0.15) is 0 Å². The molecular formula is C51H56O5. The standard InChI is InChI=1S/C51H56O5/c1-28-15-29(2)17-42(16-28)53-49-36(9)24-44(25-37(49)10)55-47-32(5)18-40(19-33(47)6)51(13,14)41-20-34(7)48(35(8)21-41)56-45-26-38(11)50(39(12)27-45)54-43-22-30(3)46(52)31(4)23-43/h15-27,52H,1-14H3. The van der Waals surface area contributed by atoms with Gasteiger partial charge in [0.2, 0.25) is 0 Å². The van der Waals surface area contributed by atoms with E-state index < -0.39 is 0 Å². The molecular weight excluding hydrogens is 693 g/mol. The lowest BCUT2D eigenvalue weighted by Gasteiger charge is -2.29. The highest BCUT2D eigenvalue weighted by Crippen LogP contribution is 2.43. The number of ether oxygens (including phenoxy) is 4. The molecule has 0 aliphatic heterocycles. The molecule has 6 aromatic carbocycles. The van der Waals surface area contributed by atoms with Crippen molar-refractivity contribution < 1.29 is 24.1 Å². The predicted molar refractivity (Wildman–Crippen MR) is 230 cm³/mol. The van der Waals surface area contributed by atoms with Crippen molar-refractivity contribution in [2.24, 2.45) is 0 Å². The molecule has 0 amide bonds. The van der Waals surface area contributed by atoms with Crippen molar-refractivity contribution in [3.05, 3.63) is 157 Å². The number of aryl methyl sites for hydroxylation is 12. The van der Waals surface area contributed by atoms with E-state index >= 15 is 0 Å². The molecule has 6 rings (SSSR count). The summed E-state index contributed by atoms with van der Waals surface area (Å²) in [6.07, 6.45) is 0. The molecule has 56 heavy (non-hydrogen) atoms. The van der Waals surface area contributed by atoms with Crippen molar-refractivity contribution in [3.8, 4) is 51.7 Å². The Balaban J connectivity index is 1.21. The summed E-state index contributed by atoms with van der Waals surface area (Å²) in [5.41, 5.74) is 14.4.